The second kappa shape index (κ2) is 5.17. The van der Waals surface area contributed by atoms with Gasteiger partial charge in [0.2, 0.25) is 5.89 Å². The number of hydrogen-bond acceptors (Lipinski definition) is 6. The molecule has 0 amide bonds. The Labute approximate surface area is 108 Å². The molecule has 0 saturated carbocycles. The molecule has 1 N–H and O–H groups in total. The Morgan fingerprint density at radius 1 is 1.50 bits per heavy atom. The van der Waals surface area contributed by atoms with Crippen LogP contribution in [0.5, 0.6) is 0 Å². The van der Waals surface area contributed by atoms with Crippen LogP contribution in [0.25, 0.3) is 0 Å². The van der Waals surface area contributed by atoms with Gasteiger partial charge in [-0.1, -0.05) is 11.2 Å². The lowest BCUT2D eigenvalue weighted by Crippen LogP contribution is -2.30. The number of aliphatic hydroxyl groups excluding tert-OH is 1. The van der Waals surface area contributed by atoms with Crippen LogP contribution in [-0.4, -0.2) is 34.6 Å². The Kier molecular flexibility index (Phi) is 3.40. The van der Waals surface area contributed by atoms with E-state index in [1.54, 1.807) is 11.3 Å². The van der Waals surface area contributed by atoms with Gasteiger partial charge in [-0.3, -0.25) is 0 Å². The van der Waals surface area contributed by atoms with Crippen molar-refractivity contribution >= 4 is 11.3 Å². The van der Waals surface area contributed by atoms with E-state index in [1.165, 1.54) is 4.88 Å². The summed E-state index contributed by atoms with van der Waals surface area (Å²) in [6.45, 7) is 1.04. The van der Waals surface area contributed by atoms with Gasteiger partial charge >= 0.3 is 0 Å². The van der Waals surface area contributed by atoms with Crippen molar-refractivity contribution in [3.8, 4) is 0 Å². The van der Waals surface area contributed by atoms with E-state index in [0.29, 0.717) is 37.8 Å². The van der Waals surface area contributed by atoms with E-state index < -0.39 is 6.10 Å². The quantitative estimate of drug-likeness (QED) is 0.913. The third-order valence-electron chi connectivity index (χ3n) is 3.03. The van der Waals surface area contributed by atoms with Crippen LogP contribution < -0.4 is 0 Å². The van der Waals surface area contributed by atoms with Gasteiger partial charge in [-0.2, -0.15) is 4.98 Å². The van der Waals surface area contributed by atoms with Crippen molar-refractivity contribution in [2.45, 2.75) is 24.9 Å². The van der Waals surface area contributed by atoms with Gasteiger partial charge < -0.3 is 14.4 Å². The molecule has 2 unspecified atom stereocenters. The summed E-state index contributed by atoms with van der Waals surface area (Å²) in [6, 6.07) is 4.04. The average Bonchev–Trinajstić information content (AvgIpc) is 3.02. The number of aliphatic hydroxyl groups is 1. The molecule has 1 saturated heterocycles. The Bertz CT molecular complexity index is 497. The number of ether oxygens (including phenoxy) is 1. The summed E-state index contributed by atoms with van der Waals surface area (Å²) >= 11 is 1.67. The zero-order valence-corrected chi connectivity index (χ0v) is 10.6. The number of rotatable bonds is 3. The van der Waals surface area contributed by atoms with Gasteiger partial charge in [0.25, 0.3) is 0 Å². The maximum Gasteiger partial charge on any atom is 0.234 e. The zero-order chi connectivity index (χ0) is 12.4. The van der Waals surface area contributed by atoms with Gasteiger partial charge in [0.05, 0.1) is 18.6 Å². The summed E-state index contributed by atoms with van der Waals surface area (Å²) < 4.78 is 10.6. The summed E-state index contributed by atoms with van der Waals surface area (Å²) in [5.41, 5.74) is 0. The summed E-state index contributed by atoms with van der Waals surface area (Å²) in [4.78, 5) is 5.55. The highest BCUT2D eigenvalue weighted by Crippen LogP contribution is 2.25. The van der Waals surface area contributed by atoms with Crippen molar-refractivity contribution in [3.63, 3.8) is 0 Å². The molecular weight excluding hydrogens is 252 g/mol. The lowest BCUT2D eigenvalue weighted by atomic mass is 9.99. The third kappa shape index (κ3) is 2.45. The molecule has 0 aromatic carbocycles. The van der Waals surface area contributed by atoms with Gasteiger partial charge in [-0.15, -0.1) is 11.3 Å². The van der Waals surface area contributed by atoms with Crippen molar-refractivity contribution in [3.05, 3.63) is 34.1 Å². The molecule has 3 heterocycles. The van der Waals surface area contributed by atoms with E-state index in [4.69, 9.17) is 9.26 Å². The number of thiophene rings is 1. The first-order valence-electron chi connectivity index (χ1n) is 5.93. The molecule has 1 fully saturated rings. The van der Waals surface area contributed by atoms with Crippen LogP contribution in [0, 0.1) is 0 Å². The lowest BCUT2D eigenvalue weighted by Gasteiger charge is -2.24. The van der Waals surface area contributed by atoms with E-state index in [-0.39, 0.29) is 5.92 Å². The third-order valence-corrected chi connectivity index (χ3v) is 3.91. The standard InChI is InChI=1S/C12H14N2O3S/c15-10-3-4-16-7-9(10)12-13-11(14-17-12)6-8-2-1-5-18-8/h1-2,5,9-10,15H,3-4,6-7H2. The van der Waals surface area contributed by atoms with Crippen LogP contribution in [0.2, 0.25) is 0 Å². The van der Waals surface area contributed by atoms with Gasteiger partial charge in [-0.25, -0.2) is 0 Å². The molecule has 1 aliphatic heterocycles. The monoisotopic (exact) mass is 266 g/mol. The topological polar surface area (TPSA) is 68.4 Å². The molecule has 5 nitrogen and oxygen atoms in total. The molecule has 2 aromatic rings. The molecule has 18 heavy (non-hydrogen) atoms. The van der Waals surface area contributed by atoms with Crippen molar-refractivity contribution in [1.82, 2.24) is 10.1 Å². The second-order valence-corrected chi connectivity index (χ2v) is 5.37. The first-order chi connectivity index (χ1) is 8.83. The number of aromatic nitrogens is 2. The molecular formula is C12H14N2O3S. The lowest BCUT2D eigenvalue weighted by molar-refractivity contribution is -0.0149. The number of nitrogens with zero attached hydrogens (tertiary/aromatic N) is 2. The molecule has 3 rings (SSSR count). The summed E-state index contributed by atoms with van der Waals surface area (Å²) in [5.74, 6) is 0.947. The van der Waals surface area contributed by atoms with Crippen LogP contribution in [0.3, 0.4) is 0 Å². The Balaban J connectivity index is 1.72. The predicted octanol–water partition coefficient (Wildman–Crippen LogP) is 1.59. The van der Waals surface area contributed by atoms with Gasteiger partial charge in [0, 0.05) is 17.9 Å². The fourth-order valence-electron chi connectivity index (χ4n) is 2.02. The highest BCUT2D eigenvalue weighted by Gasteiger charge is 2.30. The SMILES string of the molecule is OC1CCOCC1c1nc(Cc2cccs2)no1. The predicted molar refractivity (Wildman–Crippen MR) is 65.6 cm³/mol. The molecule has 1 aliphatic rings. The van der Waals surface area contributed by atoms with Gasteiger partial charge in [0.15, 0.2) is 5.82 Å². The fourth-order valence-corrected chi connectivity index (χ4v) is 2.72. The smallest absolute Gasteiger partial charge is 0.234 e. The average molecular weight is 266 g/mol. The zero-order valence-electron chi connectivity index (χ0n) is 9.78. The first-order valence-corrected chi connectivity index (χ1v) is 6.81. The summed E-state index contributed by atoms with van der Waals surface area (Å²) in [7, 11) is 0. The van der Waals surface area contributed by atoms with E-state index in [2.05, 4.69) is 10.1 Å². The maximum atomic E-state index is 9.88. The van der Waals surface area contributed by atoms with Crippen LogP contribution in [0.1, 0.15) is 28.9 Å². The second-order valence-electron chi connectivity index (χ2n) is 4.34. The fraction of sp³-hybridized carbons (Fsp3) is 0.500. The molecule has 2 aromatic heterocycles. The Morgan fingerprint density at radius 3 is 3.22 bits per heavy atom. The number of hydrogen-bond donors (Lipinski definition) is 1. The first kappa shape index (κ1) is 11.8. The van der Waals surface area contributed by atoms with Crippen molar-refractivity contribution in [2.75, 3.05) is 13.2 Å². The largest absolute Gasteiger partial charge is 0.392 e. The molecule has 0 spiro atoms. The van der Waals surface area contributed by atoms with Gasteiger partial charge in [0.1, 0.15) is 0 Å². The molecule has 2 atom stereocenters. The summed E-state index contributed by atoms with van der Waals surface area (Å²) in [6.07, 6.45) is 0.840. The van der Waals surface area contributed by atoms with E-state index >= 15 is 0 Å². The molecule has 0 bridgehead atoms. The summed E-state index contributed by atoms with van der Waals surface area (Å²) in [5, 5.41) is 15.9. The van der Waals surface area contributed by atoms with E-state index in [1.807, 2.05) is 17.5 Å². The van der Waals surface area contributed by atoms with Crippen LogP contribution >= 0.6 is 11.3 Å². The van der Waals surface area contributed by atoms with Gasteiger partial charge in [-0.05, 0) is 17.9 Å². The molecule has 6 heteroatoms. The van der Waals surface area contributed by atoms with Crippen molar-refractivity contribution in [2.24, 2.45) is 0 Å². The Morgan fingerprint density at radius 2 is 2.44 bits per heavy atom. The van der Waals surface area contributed by atoms with E-state index in [9.17, 15) is 5.11 Å². The minimum atomic E-state index is -0.450. The maximum absolute atomic E-state index is 9.88. The van der Waals surface area contributed by atoms with Crippen molar-refractivity contribution in [1.29, 1.82) is 0 Å². The van der Waals surface area contributed by atoms with Crippen LogP contribution in [0.4, 0.5) is 0 Å². The minimum absolute atomic E-state index is 0.191. The van der Waals surface area contributed by atoms with Crippen LogP contribution in [-0.2, 0) is 11.2 Å². The van der Waals surface area contributed by atoms with Crippen LogP contribution in [0.15, 0.2) is 22.0 Å². The van der Waals surface area contributed by atoms with Crippen molar-refractivity contribution < 1.29 is 14.4 Å². The molecule has 0 radical (unpaired) electrons. The van der Waals surface area contributed by atoms with E-state index in [0.717, 1.165) is 0 Å². The highest BCUT2D eigenvalue weighted by molar-refractivity contribution is 7.09. The molecule has 96 valence electrons. The minimum Gasteiger partial charge on any atom is -0.392 e. The molecule has 0 aliphatic carbocycles. The highest BCUT2D eigenvalue weighted by atomic mass is 32.1. The normalized spacial score (nSPS) is 24.3. The Hall–Kier alpha value is -1.24.